The number of aryl methyl sites for hydroxylation is 1. The van der Waals surface area contributed by atoms with E-state index in [1.807, 2.05) is 31.2 Å². The highest BCUT2D eigenvalue weighted by Crippen LogP contribution is 2.29. The quantitative estimate of drug-likeness (QED) is 0.844. The lowest BCUT2D eigenvalue weighted by molar-refractivity contribution is 0.0781. The van der Waals surface area contributed by atoms with Crippen LogP contribution in [0, 0.1) is 6.92 Å². The Kier molecular flexibility index (Phi) is 3.94. The van der Waals surface area contributed by atoms with Crippen LogP contribution in [0.1, 0.15) is 21.5 Å². The zero-order chi connectivity index (χ0) is 14.7. The molecule has 4 heteroatoms. The van der Waals surface area contributed by atoms with Crippen molar-refractivity contribution < 1.29 is 15.0 Å². The predicted molar refractivity (Wildman–Crippen MR) is 76.7 cm³/mol. The molecule has 0 heterocycles. The molecule has 0 saturated carbocycles. The summed E-state index contributed by atoms with van der Waals surface area (Å²) in [5.41, 5.74) is 2.24. The number of phenols is 2. The minimum atomic E-state index is -0.381. The number of aromatic hydroxyl groups is 2. The lowest BCUT2D eigenvalue weighted by Crippen LogP contribution is -2.26. The molecule has 4 nitrogen and oxygen atoms in total. The van der Waals surface area contributed by atoms with Gasteiger partial charge in [-0.25, -0.2) is 0 Å². The molecular weight excluding hydrogens is 254 g/mol. The maximum atomic E-state index is 12.3. The Morgan fingerprint density at radius 3 is 2.55 bits per heavy atom. The van der Waals surface area contributed by atoms with E-state index < -0.39 is 0 Å². The molecule has 0 aliphatic rings. The van der Waals surface area contributed by atoms with Crippen molar-refractivity contribution in [3.8, 4) is 11.5 Å². The van der Waals surface area contributed by atoms with E-state index in [4.69, 9.17) is 0 Å². The predicted octanol–water partition coefficient (Wildman–Crippen LogP) is 2.68. The normalized spacial score (nSPS) is 10.3. The number of hydrogen-bond acceptors (Lipinski definition) is 3. The van der Waals surface area contributed by atoms with E-state index in [9.17, 15) is 15.0 Å². The molecule has 0 unspecified atom stereocenters. The number of benzene rings is 2. The third-order valence-electron chi connectivity index (χ3n) is 3.09. The molecular formula is C16H17NO3. The van der Waals surface area contributed by atoms with E-state index in [2.05, 4.69) is 0 Å². The molecule has 2 aromatic carbocycles. The van der Waals surface area contributed by atoms with Crippen molar-refractivity contribution in [1.29, 1.82) is 0 Å². The van der Waals surface area contributed by atoms with E-state index in [-0.39, 0.29) is 23.0 Å². The van der Waals surface area contributed by atoms with Gasteiger partial charge < -0.3 is 15.1 Å². The second kappa shape index (κ2) is 5.65. The Hall–Kier alpha value is -2.49. The van der Waals surface area contributed by atoms with E-state index in [1.165, 1.54) is 23.1 Å². The van der Waals surface area contributed by atoms with Gasteiger partial charge in [-0.15, -0.1) is 0 Å². The molecule has 2 aromatic rings. The summed E-state index contributed by atoms with van der Waals surface area (Å²) < 4.78 is 0. The fraction of sp³-hybridized carbons (Fsp3) is 0.188. The summed E-state index contributed by atoms with van der Waals surface area (Å²) in [6, 6.07) is 12.2. The molecule has 0 aromatic heterocycles. The lowest BCUT2D eigenvalue weighted by atomic mass is 10.1. The number of carbonyl (C=O) groups excluding carboxylic acids is 1. The van der Waals surface area contributed by atoms with Crippen LogP contribution in [-0.4, -0.2) is 28.1 Å². The van der Waals surface area contributed by atoms with Gasteiger partial charge in [0.2, 0.25) is 0 Å². The minimum Gasteiger partial charge on any atom is -0.504 e. The molecule has 2 N–H and O–H groups in total. The first kappa shape index (κ1) is 13.9. The van der Waals surface area contributed by atoms with Crippen LogP contribution in [0.3, 0.4) is 0 Å². The summed E-state index contributed by atoms with van der Waals surface area (Å²) in [5.74, 6) is -1.01. The lowest BCUT2D eigenvalue weighted by Gasteiger charge is -2.18. The van der Waals surface area contributed by atoms with E-state index >= 15 is 0 Å². The molecule has 104 valence electrons. The van der Waals surface area contributed by atoms with E-state index in [1.54, 1.807) is 7.05 Å². The monoisotopic (exact) mass is 271 g/mol. The van der Waals surface area contributed by atoms with Gasteiger partial charge in [0.05, 0.1) is 5.56 Å². The molecule has 0 saturated heterocycles. The molecule has 0 atom stereocenters. The Morgan fingerprint density at radius 1 is 1.15 bits per heavy atom. The van der Waals surface area contributed by atoms with E-state index in [0.29, 0.717) is 6.54 Å². The van der Waals surface area contributed by atoms with Crippen molar-refractivity contribution in [3.63, 3.8) is 0 Å². The zero-order valence-corrected chi connectivity index (χ0v) is 11.5. The van der Waals surface area contributed by atoms with Crippen molar-refractivity contribution in [2.24, 2.45) is 0 Å². The average molecular weight is 271 g/mol. The van der Waals surface area contributed by atoms with Crippen LogP contribution >= 0.6 is 0 Å². The van der Waals surface area contributed by atoms with Crippen molar-refractivity contribution >= 4 is 5.91 Å². The molecule has 0 bridgehead atoms. The highest BCUT2D eigenvalue weighted by molar-refractivity contribution is 5.97. The van der Waals surface area contributed by atoms with Crippen LogP contribution in [0.5, 0.6) is 11.5 Å². The summed E-state index contributed by atoms with van der Waals surface area (Å²) >= 11 is 0. The van der Waals surface area contributed by atoms with Crippen LogP contribution in [0.15, 0.2) is 42.5 Å². The molecule has 0 fully saturated rings. The molecule has 0 aliphatic carbocycles. The second-order valence-corrected chi connectivity index (χ2v) is 4.82. The topological polar surface area (TPSA) is 60.8 Å². The number of carbonyl (C=O) groups is 1. The number of amides is 1. The first-order chi connectivity index (χ1) is 9.49. The van der Waals surface area contributed by atoms with Crippen LogP contribution in [0.25, 0.3) is 0 Å². The molecule has 1 amide bonds. The smallest absolute Gasteiger partial charge is 0.257 e. The molecule has 0 radical (unpaired) electrons. The average Bonchev–Trinajstić information content (AvgIpc) is 2.41. The number of rotatable bonds is 3. The Balaban J connectivity index is 2.19. The summed E-state index contributed by atoms with van der Waals surface area (Å²) in [6.45, 7) is 2.43. The summed E-state index contributed by atoms with van der Waals surface area (Å²) in [4.78, 5) is 13.8. The van der Waals surface area contributed by atoms with Crippen LogP contribution in [-0.2, 0) is 6.54 Å². The van der Waals surface area contributed by atoms with E-state index in [0.717, 1.165) is 11.1 Å². The van der Waals surface area contributed by atoms with Gasteiger partial charge in [-0.2, -0.15) is 0 Å². The fourth-order valence-corrected chi connectivity index (χ4v) is 2.07. The molecule has 0 aliphatic heterocycles. The Bertz CT molecular complexity index is 637. The van der Waals surface area contributed by atoms with Crippen LogP contribution in [0.2, 0.25) is 0 Å². The van der Waals surface area contributed by atoms with Gasteiger partial charge in [-0.1, -0.05) is 35.9 Å². The van der Waals surface area contributed by atoms with Gasteiger partial charge in [0.1, 0.15) is 0 Å². The van der Waals surface area contributed by atoms with Crippen LogP contribution < -0.4 is 0 Å². The largest absolute Gasteiger partial charge is 0.504 e. The molecule has 20 heavy (non-hydrogen) atoms. The fourth-order valence-electron chi connectivity index (χ4n) is 2.07. The maximum Gasteiger partial charge on any atom is 0.257 e. The maximum absolute atomic E-state index is 12.3. The van der Waals surface area contributed by atoms with Gasteiger partial charge in [-0.05, 0) is 24.6 Å². The Morgan fingerprint density at radius 2 is 1.85 bits per heavy atom. The van der Waals surface area contributed by atoms with Gasteiger partial charge in [0.15, 0.2) is 11.5 Å². The number of phenolic OH excluding ortho intramolecular Hbond substituents is 2. The van der Waals surface area contributed by atoms with Crippen molar-refractivity contribution in [2.75, 3.05) is 7.05 Å². The standard InChI is InChI=1S/C16H17NO3/c1-11-5-3-6-12(9-11)10-17(2)16(20)13-7-4-8-14(18)15(13)19/h3-9,18-19H,10H2,1-2H3. The molecule has 0 spiro atoms. The Labute approximate surface area is 117 Å². The van der Waals surface area contributed by atoms with Gasteiger partial charge >= 0.3 is 0 Å². The first-order valence-corrected chi connectivity index (χ1v) is 6.31. The third-order valence-corrected chi connectivity index (χ3v) is 3.09. The second-order valence-electron chi connectivity index (χ2n) is 4.82. The summed E-state index contributed by atoms with van der Waals surface area (Å²) in [6.07, 6.45) is 0. The van der Waals surface area contributed by atoms with Gasteiger partial charge in [0, 0.05) is 13.6 Å². The van der Waals surface area contributed by atoms with Crippen molar-refractivity contribution in [1.82, 2.24) is 4.90 Å². The van der Waals surface area contributed by atoms with Gasteiger partial charge in [-0.3, -0.25) is 4.79 Å². The van der Waals surface area contributed by atoms with Crippen LogP contribution in [0.4, 0.5) is 0 Å². The zero-order valence-electron chi connectivity index (χ0n) is 11.5. The minimum absolute atomic E-state index is 0.0974. The van der Waals surface area contributed by atoms with Gasteiger partial charge in [0.25, 0.3) is 5.91 Å². The van der Waals surface area contributed by atoms with Crippen molar-refractivity contribution in [2.45, 2.75) is 13.5 Å². The molecule has 2 rings (SSSR count). The van der Waals surface area contributed by atoms with Crippen molar-refractivity contribution in [3.05, 3.63) is 59.2 Å². The summed E-state index contributed by atoms with van der Waals surface area (Å²) in [7, 11) is 1.66. The number of nitrogens with zero attached hydrogens (tertiary/aromatic N) is 1. The summed E-state index contributed by atoms with van der Waals surface area (Å²) in [5, 5.41) is 19.2. The third kappa shape index (κ3) is 2.91. The number of hydrogen-bond donors (Lipinski definition) is 2. The first-order valence-electron chi connectivity index (χ1n) is 6.31. The number of para-hydroxylation sites is 1. The highest BCUT2D eigenvalue weighted by atomic mass is 16.3. The highest BCUT2D eigenvalue weighted by Gasteiger charge is 2.17. The SMILES string of the molecule is Cc1cccc(CN(C)C(=O)c2cccc(O)c2O)c1.